The Hall–Kier alpha value is -3.50. The third kappa shape index (κ3) is 2.88. The average Bonchev–Trinajstić information content (AvgIpc) is 3.22. The summed E-state index contributed by atoms with van der Waals surface area (Å²) in [7, 11) is -4.03. The highest BCUT2D eigenvalue weighted by Gasteiger charge is 2.30. The van der Waals surface area contributed by atoms with Crippen LogP contribution in [0.25, 0.3) is 10.3 Å². The lowest BCUT2D eigenvalue weighted by Crippen LogP contribution is -2.32. The summed E-state index contributed by atoms with van der Waals surface area (Å²) in [4.78, 5) is 17.6. The Balaban J connectivity index is 1.75. The van der Waals surface area contributed by atoms with Gasteiger partial charge in [0, 0.05) is 0 Å². The molecule has 0 bridgehead atoms. The molecule has 0 fully saturated rings. The zero-order chi connectivity index (χ0) is 20.9. The van der Waals surface area contributed by atoms with Crippen molar-refractivity contribution in [2.24, 2.45) is 4.40 Å². The van der Waals surface area contributed by atoms with Crippen LogP contribution >= 0.6 is 11.3 Å². The van der Waals surface area contributed by atoms with Crippen molar-refractivity contribution < 1.29 is 13.5 Å². The summed E-state index contributed by atoms with van der Waals surface area (Å²) < 4.78 is 30.8. The molecule has 3 heterocycles. The number of hydrogen-bond donors (Lipinski definition) is 2. The SMILES string of the molecule is O=c1c(C2=NS(=O)(=O)c3ccccc3N2)c(O)c2scnc2n1Cc1ccccc1. The number of benzene rings is 2. The highest BCUT2D eigenvalue weighted by molar-refractivity contribution is 7.90. The third-order valence-corrected chi connectivity index (χ3v) is 6.92. The van der Waals surface area contributed by atoms with Crippen molar-refractivity contribution in [3.05, 3.63) is 81.6 Å². The topological polar surface area (TPSA) is 114 Å². The fourth-order valence-electron chi connectivity index (χ4n) is 3.39. The molecule has 0 unspecified atom stereocenters. The fourth-order valence-corrected chi connectivity index (χ4v) is 5.25. The number of pyridine rings is 1. The van der Waals surface area contributed by atoms with Crippen LogP contribution in [0, 0.1) is 0 Å². The second kappa shape index (κ2) is 6.78. The van der Waals surface area contributed by atoms with Gasteiger partial charge in [-0.05, 0) is 17.7 Å². The molecule has 2 N–H and O–H groups in total. The zero-order valence-electron chi connectivity index (χ0n) is 15.3. The summed E-state index contributed by atoms with van der Waals surface area (Å²) in [5, 5.41) is 13.7. The summed E-state index contributed by atoms with van der Waals surface area (Å²) in [6.45, 7) is 0.212. The van der Waals surface area contributed by atoms with Crippen LogP contribution < -0.4 is 10.9 Å². The normalized spacial score (nSPS) is 14.7. The van der Waals surface area contributed by atoms with E-state index in [0.717, 1.165) is 16.9 Å². The van der Waals surface area contributed by atoms with E-state index in [4.69, 9.17) is 0 Å². The first-order valence-electron chi connectivity index (χ1n) is 8.90. The number of aromatic hydroxyl groups is 1. The Morgan fingerprint density at radius 1 is 1.07 bits per heavy atom. The van der Waals surface area contributed by atoms with Crippen molar-refractivity contribution >= 4 is 43.2 Å². The summed E-state index contributed by atoms with van der Waals surface area (Å²) >= 11 is 1.16. The quantitative estimate of drug-likeness (QED) is 0.508. The van der Waals surface area contributed by atoms with Gasteiger partial charge in [0.1, 0.15) is 15.2 Å². The second-order valence-electron chi connectivity index (χ2n) is 6.64. The number of anilines is 1. The minimum Gasteiger partial charge on any atom is -0.505 e. The largest absolute Gasteiger partial charge is 0.505 e. The van der Waals surface area contributed by atoms with Crippen molar-refractivity contribution in [1.82, 2.24) is 9.55 Å². The number of sulfonamides is 1. The van der Waals surface area contributed by atoms with E-state index in [1.54, 1.807) is 18.2 Å². The van der Waals surface area contributed by atoms with Gasteiger partial charge in [-0.1, -0.05) is 42.5 Å². The molecule has 0 amide bonds. The number of aromatic nitrogens is 2. The molecule has 0 aliphatic carbocycles. The van der Waals surface area contributed by atoms with Crippen LogP contribution in [0.15, 0.2) is 74.2 Å². The van der Waals surface area contributed by atoms with Crippen molar-refractivity contribution in [1.29, 1.82) is 0 Å². The molecule has 0 atom stereocenters. The molecule has 1 aliphatic heterocycles. The minimum absolute atomic E-state index is 0.0109. The molecule has 10 heteroatoms. The molecule has 0 spiro atoms. The van der Waals surface area contributed by atoms with Gasteiger partial charge in [0.15, 0.2) is 17.2 Å². The van der Waals surface area contributed by atoms with Crippen molar-refractivity contribution in [2.45, 2.75) is 11.4 Å². The van der Waals surface area contributed by atoms with Gasteiger partial charge in [-0.2, -0.15) is 8.42 Å². The number of nitrogens with one attached hydrogen (secondary N) is 1. The maximum absolute atomic E-state index is 13.4. The maximum Gasteiger partial charge on any atom is 0.286 e. The predicted molar refractivity (Wildman–Crippen MR) is 115 cm³/mol. The molecule has 0 saturated carbocycles. The lowest BCUT2D eigenvalue weighted by atomic mass is 10.1. The molecule has 5 rings (SSSR count). The molecule has 2 aromatic carbocycles. The van der Waals surface area contributed by atoms with Crippen molar-refractivity contribution in [3.8, 4) is 5.75 Å². The van der Waals surface area contributed by atoms with Gasteiger partial charge in [-0.3, -0.25) is 9.36 Å². The maximum atomic E-state index is 13.4. The van der Waals surface area contributed by atoms with Gasteiger partial charge in [-0.25, -0.2) is 4.98 Å². The van der Waals surface area contributed by atoms with Crippen LogP contribution in [0.2, 0.25) is 0 Å². The van der Waals surface area contributed by atoms with E-state index in [0.29, 0.717) is 16.0 Å². The Labute approximate surface area is 174 Å². The first kappa shape index (κ1) is 18.5. The van der Waals surface area contributed by atoms with E-state index in [9.17, 15) is 18.3 Å². The van der Waals surface area contributed by atoms with Crippen LogP contribution in [0.3, 0.4) is 0 Å². The van der Waals surface area contributed by atoms with Gasteiger partial charge < -0.3 is 10.4 Å². The average molecular weight is 438 g/mol. The van der Waals surface area contributed by atoms with Gasteiger partial charge in [0.05, 0.1) is 17.7 Å². The number of fused-ring (bicyclic) bond motifs is 2. The Kier molecular flexibility index (Phi) is 4.19. The van der Waals surface area contributed by atoms with Crippen LogP contribution in [0.5, 0.6) is 5.75 Å². The number of hydrogen-bond acceptors (Lipinski definition) is 7. The minimum atomic E-state index is -4.03. The molecule has 0 saturated heterocycles. The smallest absolute Gasteiger partial charge is 0.286 e. The number of amidine groups is 1. The predicted octanol–water partition coefficient (Wildman–Crippen LogP) is 2.77. The summed E-state index contributed by atoms with van der Waals surface area (Å²) in [5.74, 6) is -0.559. The highest BCUT2D eigenvalue weighted by Crippen LogP contribution is 2.33. The van der Waals surface area contributed by atoms with Gasteiger partial charge in [0.2, 0.25) is 0 Å². The summed E-state index contributed by atoms with van der Waals surface area (Å²) in [6, 6.07) is 15.6. The number of para-hydroxylation sites is 1. The first-order chi connectivity index (χ1) is 14.5. The number of thiazole rings is 1. The van der Waals surface area contributed by atoms with Crippen molar-refractivity contribution in [3.63, 3.8) is 0 Å². The first-order valence-corrected chi connectivity index (χ1v) is 11.2. The van der Waals surface area contributed by atoms with Crippen LogP contribution in [-0.2, 0) is 16.6 Å². The Morgan fingerprint density at radius 2 is 1.80 bits per heavy atom. The van der Waals surface area contributed by atoms with Crippen LogP contribution in [-0.4, -0.2) is 28.9 Å². The molecule has 1 aliphatic rings. The van der Waals surface area contributed by atoms with E-state index >= 15 is 0 Å². The lowest BCUT2D eigenvalue weighted by Gasteiger charge is -2.19. The summed E-state index contributed by atoms with van der Waals surface area (Å²) in [5.41, 5.74) is 2.21. The molecule has 30 heavy (non-hydrogen) atoms. The highest BCUT2D eigenvalue weighted by atomic mass is 32.2. The van der Waals surface area contributed by atoms with E-state index in [2.05, 4.69) is 14.7 Å². The molecular weight excluding hydrogens is 424 g/mol. The van der Waals surface area contributed by atoms with Crippen LogP contribution in [0.1, 0.15) is 11.1 Å². The van der Waals surface area contributed by atoms with Gasteiger partial charge >= 0.3 is 0 Å². The lowest BCUT2D eigenvalue weighted by molar-refractivity contribution is 0.478. The van der Waals surface area contributed by atoms with E-state index < -0.39 is 15.6 Å². The van der Waals surface area contributed by atoms with Gasteiger partial charge in [-0.15, -0.1) is 15.7 Å². The molecule has 4 aromatic rings. The molecule has 150 valence electrons. The molecular formula is C20H14N4O4S2. The second-order valence-corrected chi connectivity index (χ2v) is 9.07. The van der Waals surface area contributed by atoms with Crippen LogP contribution in [0.4, 0.5) is 5.69 Å². The third-order valence-electron chi connectivity index (χ3n) is 4.77. The molecule has 2 aromatic heterocycles. The monoisotopic (exact) mass is 438 g/mol. The van der Waals surface area contributed by atoms with E-state index in [1.165, 1.54) is 16.1 Å². The molecule has 8 nitrogen and oxygen atoms in total. The summed E-state index contributed by atoms with van der Waals surface area (Å²) in [6.07, 6.45) is 0. The van der Waals surface area contributed by atoms with Gasteiger partial charge in [0.25, 0.3) is 15.6 Å². The zero-order valence-corrected chi connectivity index (χ0v) is 16.9. The van der Waals surface area contributed by atoms with E-state index in [-0.39, 0.29) is 28.6 Å². The Morgan fingerprint density at radius 3 is 2.60 bits per heavy atom. The fraction of sp³-hybridized carbons (Fsp3) is 0.0500. The molecule has 0 radical (unpaired) electrons. The van der Waals surface area contributed by atoms with Crippen molar-refractivity contribution in [2.75, 3.05) is 5.32 Å². The van der Waals surface area contributed by atoms with E-state index in [1.807, 2.05) is 30.3 Å². The Bertz CT molecular complexity index is 1490. The number of nitrogens with zero attached hydrogens (tertiary/aromatic N) is 3. The number of rotatable bonds is 3. The standard InChI is InChI=1S/C20H14N4O4S2/c25-16-15(18-22-13-8-4-5-9-14(13)30(27,28)23-18)20(26)24(19-17(16)29-11-21-19)10-12-6-2-1-3-7-12/h1-9,11,25H,10H2,(H,22,23).